The molecule has 0 spiro atoms. The van der Waals surface area contributed by atoms with Crippen LogP contribution in [0.25, 0.3) is 0 Å². The van der Waals surface area contributed by atoms with Gasteiger partial charge in [0.15, 0.2) is 0 Å². The number of nitrogens with one attached hydrogen (secondary N) is 2. The minimum absolute atomic E-state index is 0.147. The number of para-hydroxylation sites is 1. The summed E-state index contributed by atoms with van der Waals surface area (Å²) in [6, 6.07) is 19.7. The van der Waals surface area contributed by atoms with Crippen LogP contribution in [-0.4, -0.2) is 40.7 Å². The Morgan fingerprint density at radius 1 is 1.03 bits per heavy atom. The largest absolute Gasteiger partial charge is 0.351 e. The number of carbonyl (C=O) groups is 3. The van der Waals surface area contributed by atoms with Crippen molar-refractivity contribution in [3.63, 3.8) is 0 Å². The number of aromatic nitrogens is 1. The zero-order chi connectivity index (χ0) is 25.0. The molecule has 0 aliphatic rings. The molecule has 0 bridgehead atoms. The van der Waals surface area contributed by atoms with Crippen molar-refractivity contribution >= 4 is 23.4 Å². The summed E-state index contributed by atoms with van der Waals surface area (Å²) in [6.45, 7) is 5.79. The van der Waals surface area contributed by atoms with E-state index in [9.17, 15) is 14.4 Å². The van der Waals surface area contributed by atoms with Crippen molar-refractivity contribution in [1.29, 1.82) is 0 Å². The third-order valence-electron chi connectivity index (χ3n) is 5.51. The molecule has 0 saturated carbocycles. The molecule has 0 saturated heterocycles. The van der Waals surface area contributed by atoms with Crippen LogP contribution in [-0.2, 0) is 20.8 Å². The highest BCUT2D eigenvalue weighted by molar-refractivity contribution is 5.98. The van der Waals surface area contributed by atoms with Gasteiger partial charge in [0, 0.05) is 43.2 Å². The van der Waals surface area contributed by atoms with Gasteiger partial charge in [-0.05, 0) is 43.2 Å². The highest BCUT2D eigenvalue weighted by atomic mass is 16.2. The molecule has 2 N–H and O–H groups in total. The lowest BCUT2D eigenvalue weighted by molar-refractivity contribution is -0.139. The Hall–Kier alpha value is -4.26. The molecule has 1 atom stereocenters. The minimum atomic E-state index is -0.921. The summed E-state index contributed by atoms with van der Waals surface area (Å²) in [6.07, 6.45) is 5.12. The van der Waals surface area contributed by atoms with E-state index >= 15 is 0 Å². The first-order chi connectivity index (χ1) is 17.0. The van der Waals surface area contributed by atoms with Crippen molar-refractivity contribution in [1.82, 2.24) is 15.2 Å². The van der Waals surface area contributed by atoms with Crippen LogP contribution in [0.5, 0.6) is 0 Å². The predicted molar refractivity (Wildman–Crippen MR) is 136 cm³/mol. The molecule has 0 aliphatic heterocycles. The van der Waals surface area contributed by atoms with Gasteiger partial charge in [-0.15, -0.1) is 0 Å². The third kappa shape index (κ3) is 7.64. The molecule has 2 aromatic carbocycles. The highest BCUT2D eigenvalue weighted by Gasteiger charge is 2.31. The van der Waals surface area contributed by atoms with E-state index in [1.165, 1.54) is 11.0 Å². The first-order valence-electron chi connectivity index (χ1n) is 11.5. The summed E-state index contributed by atoms with van der Waals surface area (Å²) in [5.41, 5.74) is 3.39. The van der Waals surface area contributed by atoms with Gasteiger partial charge in [-0.2, -0.15) is 0 Å². The Labute approximate surface area is 205 Å². The zero-order valence-corrected chi connectivity index (χ0v) is 19.8. The standard InChI is InChI=1S/C28H30N4O3/c1-3-25(33)30-18-19-32(26(34)16-15-22-13-11-21(2)12-14-22)27(23-8-7-17-29-20-23)28(35)31-24-9-5-4-6-10-24/h3-14,17,20,27H,1,15-16,18-19H2,2H3,(H,30,33)(H,31,35). The number of benzene rings is 2. The molecule has 1 unspecified atom stereocenters. The molecule has 0 aliphatic carbocycles. The monoisotopic (exact) mass is 470 g/mol. The van der Waals surface area contributed by atoms with Crippen LogP contribution in [0.3, 0.4) is 0 Å². The maximum absolute atomic E-state index is 13.5. The Morgan fingerprint density at radius 2 is 1.77 bits per heavy atom. The van der Waals surface area contributed by atoms with Crippen molar-refractivity contribution < 1.29 is 14.4 Å². The molecule has 3 rings (SSSR count). The summed E-state index contributed by atoms with van der Waals surface area (Å²) >= 11 is 0. The van der Waals surface area contributed by atoms with Crippen LogP contribution < -0.4 is 10.6 Å². The van der Waals surface area contributed by atoms with Gasteiger partial charge in [0.25, 0.3) is 5.91 Å². The lowest BCUT2D eigenvalue weighted by Gasteiger charge is -2.31. The first kappa shape index (κ1) is 25.4. The average Bonchev–Trinajstić information content (AvgIpc) is 2.88. The molecular weight excluding hydrogens is 440 g/mol. The summed E-state index contributed by atoms with van der Waals surface area (Å²) in [5, 5.41) is 5.60. The Kier molecular flexibility index (Phi) is 9.31. The van der Waals surface area contributed by atoms with Crippen molar-refractivity contribution in [3.05, 3.63) is 108 Å². The molecule has 0 fully saturated rings. The number of nitrogens with zero attached hydrogens (tertiary/aromatic N) is 2. The minimum Gasteiger partial charge on any atom is -0.351 e. The summed E-state index contributed by atoms with van der Waals surface area (Å²) in [5.74, 6) is -0.901. The fraction of sp³-hybridized carbons (Fsp3) is 0.214. The number of pyridine rings is 1. The molecule has 3 amide bonds. The third-order valence-corrected chi connectivity index (χ3v) is 5.51. The second kappa shape index (κ2) is 12.8. The Balaban J connectivity index is 1.86. The molecule has 3 aromatic rings. The summed E-state index contributed by atoms with van der Waals surface area (Å²) in [7, 11) is 0. The average molecular weight is 471 g/mol. The lowest BCUT2D eigenvalue weighted by atomic mass is 10.0. The van der Waals surface area contributed by atoms with E-state index in [0.717, 1.165) is 11.1 Å². The van der Waals surface area contributed by atoms with Crippen LogP contribution in [0.4, 0.5) is 5.69 Å². The van der Waals surface area contributed by atoms with Crippen LogP contribution in [0.15, 0.2) is 91.8 Å². The molecule has 35 heavy (non-hydrogen) atoms. The molecule has 7 nitrogen and oxygen atoms in total. The van der Waals surface area contributed by atoms with Crippen LogP contribution in [0, 0.1) is 6.92 Å². The molecule has 0 radical (unpaired) electrons. The van der Waals surface area contributed by atoms with Gasteiger partial charge >= 0.3 is 0 Å². The topological polar surface area (TPSA) is 91.4 Å². The Morgan fingerprint density at radius 3 is 2.43 bits per heavy atom. The quantitative estimate of drug-likeness (QED) is 0.417. The highest BCUT2D eigenvalue weighted by Crippen LogP contribution is 2.24. The van der Waals surface area contributed by atoms with E-state index in [1.807, 2.05) is 49.4 Å². The molecule has 1 heterocycles. The number of rotatable bonds is 11. The van der Waals surface area contributed by atoms with Crippen LogP contribution in [0.1, 0.15) is 29.2 Å². The molecular formula is C28H30N4O3. The number of anilines is 1. The van der Waals surface area contributed by atoms with E-state index in [0.29, 0.717) is 17.7 Å². The summed E-state index contributed by atoms with van der Waals surface area (Å²) < 4.78 is 0. The van der Waals surface area contributed by atoms with Crippen LogP contribution in [0.2, 0.25) is 0 Å². The fourth-order valence-corrected chi connectivity index (χ4v) is 3.66. The molecule has 7 heteroatoms. The van der Waals surface area contributed by atoms with Gasteiger partial charge < -0.3 is 15.5 Å². The maximum Gasteiger partial charge on any atom is 0.251 e. The second-order valence-electron chi connectivity index (χ2n) is 8.11. The maximum atomic E-state index is 13.5. The van der Waals surface area contributed by atoms with Gasteiger partial charge in [0.1, 0.15) is 6.04 Å². The molecule has 1 aromatic heterocycles. The number of carbonyl (C=O) groups excluding carboxylic acids is 3. The second-order valence-corrected chi connectivity index (χ2v) is 8.11. The SMILES string of the molecule is C=CC(=O)NCCN(C(=O)CCc1ccc(C)cc1)C(C(=O)Nc1ccccc1)c1cccnc1. The Bertz CT molecular complexity index is 1130. The van der Waals surface area contributed by atoms with Gasteiger partial charge in [-0.25, -0.2) is 0 Å². The van der Waals surface area contributed by atoms with Crippen molar-refractivity contribution in [2.45, 2.75) is 25.8 Å². The van der Waals surface area contributed by atoms with E-state index in [-0.39, 0.29) is 37.2 Å². The van der Waals surface area contributed by atoms with Gasteiger partial charge in [0.05, 0.1) is 0 Å². The number of aryl methyl sites for hydroxylation is 2. The van der Waals surface area contributed by atoms with Crippen molar-refractivity contribution in [3.8, 4) is 0 Å². The predicted octanol–water partition coefficient (Wildman–Crippen LogP) is 3.83. The summed E-state index contributed by atoms with van der Waals surface area (Å²) in [4.78, 5) is 44.3. The van der Waals surface area contributed by atoms with Gasteiger partial charge in [-0.3, -0.25) is 19.4 Å². The van der Waals surface area contributed by atoms with E-state index < -0.39 is 6.04 Å². The number of amides is 3. The van der Waals surface area contributed by atoms with Crippen molar-refractivity contribution in [2.75, 3.05) is 18.4 Å². The number of hydrogen-bond acceptors (Lipinski definition) is 4. The van der Waals surface area contributed by atoms with Gasteiger partial charge in [0.2, 0.25) is 11.8 Å². The normalized spacial score (nSPS) is 11.2. The van der Waals surface area contributed by atoms with E-state index in [4.69, 9.17) is 0 Å². The van der Waals surface area contributed by atoms with Crippen molar-refractivity contribution in [2.24, 2.45) is 0 Å². The number of hydrogen-bond donors (Lipinski definition) is 2. The van der Waals surface area contributed by atoms with Crippen LogP contribution >= 0.6 is 0 Å². The first-order valence-corrected chi connectivity index (χ1v) is 11.5. The smallest absolute Gasteiger partial charge is 0.251 e. The molecule has 180 valence electrons. The van der Waals surface area contributed by atoms with Gasteiger partial charge in [-0.1, -0.05) is 60.7 Å². The fourth-order valence-electron chi connectivity index (χ4n) is 3.66. The van der Waals surface area contributed by atoms with E-state index in [2.05, 4.69) is 22.2 Å². The van der Waals surface area contributed by atoms with E-state index in [1.54, 1.807) is 36.7 Å². The lowest BCUT2D eigenvalue weighted by Crippen LogP contribution is -2.45. The zero-order valence-electron chi connectivity index (χ0n) is 19.8.